The molecule has 0 bridgehead atoms. The lowest BCUT2D eigenvalue weighted by molar-refractivity contribution is -0.141. The lowest BCUT2D eigenvalue weighted by atomic mass is 10.00. The summed E-state index contributed by atoms with van der Waals surface area (Å²) in [6.45, 7) is 14.8. The Balaban J connectivity index is 2.30. The molecule has 0 heterocycles. The van der Waals surface area contributed by atoms with Gasteiger partial charge in [0.05, 0.1) is 0 Å². The Kier molecular flexibility index (Phi) is 7.40. The van der Waals surface area contributed by atoms with Gasteiger partial charge in [-0.15, -0.1) is 0 Å². The lowest BCUT2D eigenvalue weighted by Gasteiger charge is -2.34. The van der Waals surface area contributed by atoms with Gasteiger partial charge in [-0.25, -0.2) is 4.79 Å². The van der Waals surface area contributed by atoms with Crippen LogP contribution in [0.5, 0.6) is 0 Å². The van der Waals surface area contributed by atoms with Gasteiger partial charge in [-0.05, 0) is 66.4 Å². The van der Waals surface area contributed by atoms with Crippen molar-refractivity contribution in [2.75, 3.05) is 6.54 Å². The molecule has 1 fully saturated rings. The molecule has 2 N–H and O–H groups in total. The Morgan fingerprint density at radius 2 is 1.65 bits per heavy atom. The van der Waals surface area contributed by atoms with Crippen molar-refractivity contribution in [2.45, 2.75) is 85.0 Å². The largest absolute Gasteiger partial charge is 0.444 e. The Morgan fingerprint density at radius 3 is 2.10 bits per heavy atom. The van der Waals surface area contributed by atoms with Crippen LogP contribution in [0.25, 0.3) is 0 Å². The molecule has 1 aromatic rings. The molecule has 1 aliphatic carbocycles. The monoisotopic (exact) mass is 431 g/mol. The molecule has 3 atom stereocenters. The first-order valence-corrected chi connectivity index (χ1v) is 10.8. The highest BCUT2D eigenvalue weighted by Gasteiger charge is 2.46. The van der Waals surface area contributed by atoms with E-state index < -0.39 is 23.3 Å². The number of amides is 3. The molecule has 1 aliphatic rings. The topological polar surface area (TPSA) is 87.7 Å². The van der Waals surface area contributed by atoms with Gasteiger partial charge in [-0.1, -0.05) is 36.8 Å². The van der Waals surface area contributed by atoms with Crippen molar-refractivity contribution in [1.82, 2.24) is 15.5 Å². The van der Waals surface area contributed by atoms with Gasteiger partial charge in [-0.2, -0.15) is 0 Å². The van der Waals surface area contributed by atoms with Crippen molar-refractivity contribution in [3.8, 4) is 0 Å². The molecule has 0 aliphatic heterocycles. The van der Waals surface area contributed by atoms with Crippen LogP contribution in [-0.2, 0) is 14.3 Å². The summed E-state index contributed by atoms with van der Waals surface area (Å²) in [6, 6.07) is 6.82. The van der Waals surface area contributed by atoms with Gasteiger partial charge in [0.15, 0.2) is 0 Å². The summed E-state index contributed by atoms with van der Waals surface area (Å²) in [7, 11) is 0. The second-order valence-electron chi connectivity index (χ2n) is 10.5. The summed E-state index contributed by atoms with van der Waals surface area (Å²) in [6.07, 6.45) is 0.166. The SMILES string of the molecule is Cc1ccc(C(C(=O)NC(C)(C)C)N(C(=O)CNC(=O)OC(C)(C)C)C2CC2C)cc1. The minimum absolute atomic E-state index is 0.0510. The summed E-state index contributed by atoms with van der Waals surface area (Å²) >= 11 is 0. The Bertz CT molecular complexity index is 806. The van der Waals surface area contributed by atoms with Crippen LogP contribution < -0.4 is 10.6 Å². The van der Waals surface area contributed by atoms with E-state index in [1.54, 1.807) is 25.7 Å². The average molecular weight is 432 g/mol. The second-order valence-corrected chi connectivity index (χ2v) is 10.5. The number of carbonyl (C=O) groups is 3. The van der Waals surface area contributed by atoms with Crippen LogP contribution in [-0.4, -0.2) is 46.5 Å². The predicted molar refractivity (Wildman–Crippen MR) is 120 cm³/mol. The summed E-state index contributed by atoms with van der Waals surface area (Å²) in [4.78, 5) is 40.3. The standard InChI is InChI=1S/C24H37N3O4/c1-15-9-11-17(12-10-15)20(21(29)26-23(3,4)5)27(18-13-16(18)2)19(28)14-25-22(30)31-24(6,7)8/h9-12,16,18,20H,13-14H2,1-8H3,(H,25,30)(H,26,29). The van der Waals surface area contributed by atoms with Crippen molar-refractivity contribution in [3.63, 3.8) is 0 Å². The zero-order valence-electron chi connectivity index (χ0n) is 20.0. The minimum atomic E-state index is -0.775. The number of hydrogen-bond acceptors (Lipinski definition) is 4. The number of benzene rings is 1. The maximum absolute atomic E-state index is 13.3. The lowest BCUT2D eigenvalue weighted by Crippen LogP contribution is -2.52. The number of hydrogen-bond donors (Lipinski definition) is 2. The van der Waals surface area contributed by atoms with Gasteiger partial charge in [0, 0.05) is 11.6 Å². The van der Waals surface area contributed by atoms with E-state index >= 15 is 0 Å². The average Bonchev–Trinajstić information content (AvgIpc) is 3.31. The fourth-order valence-electron chi connectivity index (χ4n) is 3.39. The van der Waals surface area contributed by atoms with Crippen molar-refractivity contribution in [3.05, 3.63) is 35.4 Å². The second kappa shape index (κ2) is 9.28. The van der Waals surface area contributed by atoms with Crippen LogP contribution in [0.2, 0.25) is 0 Å². The van der Waals surface area contributed by atoms with E-state index in [1.165, 1.54) is 0 Å². The first-order chi connectivity index (χ1) is 14.2. The van der Waals surface area contributed by atoms with E-state index in [1.807, 2.05) is 52.0 Å². The summed E-state index contributed by atoms with van der Waals surface area (Å²) in [5, 5.41) is 5.55. The molecule has 2 rings (SSSR count). The molecule has 7 heteroatoms. The third kappa shape index (κ3) is 7.56. The summed E-state index contributed by atoms with van der Waals surface area (Å²) in [5.74, 6) is -0.253. The normalized spacial score (nSPS) is 19.2. The maximum atomic E-state index is 13.3. The van der Waals surface area contributed by atoms with E-state index in [0.29, 0.717) is 5.92 Å². The highest BCUT2D eigenvalue weighted by Crippen LogP contribution is 2.40. The Hall–Kier alpha value is -2.57. The minimum Gasteiger partial charge on any atom is -0.444 e. The highest BCUT2D eigenvalue weighted by molar-refractivity contribution is 5.91. The van der Waals surface area contributed by atoms with Crippen LogP contribution in [0.1, 0.15) is 72.1 Å². The van der Waals surface area contributed by atoms with E-state index in [4.69, 9.17) is 4.74 Å². The van der Waals surface area contributed by atoms with Crippen LogP contribution in [0.3, 0.4) is 0 Å². The molecule has 31 heavy (non-hydrogen) atoms. The maximum Gasteiger partial charge on any atom is 0.408 e. The Labute approximate surface area is 185 Å². The van der Waals surface area contributed by atoms with Crippen molar-refractivity contribution in [1.29, 1.82) is 0 Å². The third-order valence-corrected chi connectivity index (χ3v) is 4.91. The molecule has 0 saturated heterocycles. The summed E-state index contributed by atoms with van der Waals surface area (Å²) in [5.41, 5.74) is 0.716. The number of aryl methyl sites for hydroxylation is 1. The number of nitrogens with one attached hydrogen (secondary N) is 2. The smallest absolute Gasteiger partial charge is 0.408 e. The van der Waals surface area contributed by atoms with E-state index in [-0.39, 0.29) is 24.4 Å². The van der Waals surface area contributed by atoms with Crippen molar-refractivity contribution < 1.29 is 19.1 Å². The Morgan fingerprint density at radius 1 is 1.10 bits per heavy atom. The van der Waals surface area contributed by atoms with Crippen LogP contribution in [0.4, 0.5) is 4.79 Å². The van der Waals surface area contributed by atoms with E-state index in [9.17, 15) is 14.4 Å². The molecule has 0 spiro atoms. The van der Waals surface area contributed by atoms with Gasteiger partial charge >= 0.3 is 6.09 Å². The fraction of sp³-hybridized carbons (Fsp3) is 0.625. The van der Waals surface area contributed by atoms with Crippen LogP contribution in [0, 0.1) is 12.8 Å². The molecular formula is C24H37N3O4. The fourth-order valence-corrected chi connectivity index (χ4v) is 3.39. The molecule has 0 radical (unpaired) electrons. The number of carbonyl (C=O) groups excluding carboxylic acids is 3. The van der Waals surface area contributed by atoms with Gasteiger partial charge < -0.3 is 20.3 Å². The van der Waals surface area contributed by atoms with Gasteiger partial charge in [0.25, 0.3) is 0 Å². The molecule has 172 valence electrons. The van der Waals surface area contributed by atoms with Crippen molar-refractivity contribution >= 4 is 17.9 Å². The number of alkyl carbamates (subject to hydrolysis) is 1. The molecule has 3 amide bonds. The first kappa shape index (κ1) is 24.7. The van der Waals surface area contributed by atoms with Gasteiger partial charge in [0.2, 0.25) is 11.8 Å². The van der Waals surface area contributed by atoms with E-state index in [0.717, 1.165) is 17.5 Å². The zero-order chi connectivity index (χ0) is 23.6. The molecule has 1 saturated carbocycles. The molecule has 7 nitrogen and oxygen atoms in total. The molecule has 1 aromatic carbocycles. The molecule has 3 unspecified atom stereocenters. The summed E-state index contributed by atoms with van der Waals surface area (Å²) < 4.78 is 5.24. The van der Waals surface area contributed by atoms with E-state index in [2.05, 4.69) is 17.6 Å². The number of nitrogens with zero attached hydrogens (tertiary/aromatic N) is 1. The zero-order valence-corrected chi connectivity index (χ0v) is 20.0. The quantitative estimate of drug-likeness (QED) is 0.719. The molecular weight excluding hydrogens is 394 g/mol. The predicted octanol–water partition coefficient (Wildman–Crippen LogP) is 3.71. The van der Waals surface area contributed by atoms with Gasteiger partial charge in [-0.3, -0.25) is 9.59 Å². The van der Waals surface area contributed by atoms with Gasteiger partial charge in [0.1, 0.15) is 18.2 Å². The van der Waals surface area contributed by atoms with Crippen molar-refractivity contribution in [2.24, 2.45) is 5.92 Å². The van der Waals surface area contributed by atoms with Crippen LogP contribution >= 0.6 is 0 Å². The van der Waals surface area contributed by atoms with Crippen LogP contribution in [0.15, 0.2) is 24.3 Å². The number of ether oxygens (including phenoxy) is 1. The molecule has 0 aromatic heterocycles. The first-order valence-electron chi connectivity index (χ1n) is 10.8. The highest BCUT2D eigenvalue weighted by atomic mass is 16.6. The third-order valence-electron chi connectivity index (χ3n) is 4.91. The number of rotatable bonds is 6.